The monoisotopic (exact) mass is 268 g/mol. The lowest BCUT2D eigenvalue weighted by atomic mass is 10.2. The highest BCUT2D eigenvalue weighted by molar-refractivity contribution is 5.90. The quantitative estimate of drug-likeness (QED) is 0.814. The average Bonchev–Trinajstić information content (AvgIpc) is 3.10. The van der Waals surface area contributed by atoms with E-state index in [-0.39, 0.29) is 17.8 Å². The normalized spacial score (nSPS) is 18.7. The van der Waals surface area contributed by atoms with Crippen molar-refractivity contribution in [3.8, 4) is 0 Å². The van der Waals surface area contributed by atoms with Crippen LogP contribution in [0.1, 0.15) is 42.3 Å². The van der Waals surface area contributed by atoms with Crippen LogP contribution in [0.2, 0.25) is 0 Å². The first-order valence-corrected chi connectivity index (χ1v) is 6.61. The number of carbonyl (C=O) groups excluding carboxylic acids is 1. The first-order chi connectivity index (χ1) is 9.26. The third kappa shape index (κ3) is 3.30. The largest absolute Gasteiger partial charge is 0.383 e. The van der Waals surface area contributed by atoms with E-state index >= 15 is 0 Å². The molecular weight excluding hydrogens is 248 g/mol. The van der Waals surface area contributed by atoms with Gasteiger partial charge < -0.3 is 19.5 Å². The van der Waals surface area contributed by atoms with E-state index < -0.39 is 0 Å². The Hall–Kier alpha value is -1.47. The molecule has 1 unspecified atom stereocenters. The van der Waals surface area contributed by atoms with E-state index in [9.17, 15) is 4.79 Å². The summed E-state index contributed by atoms with van der Waals surface area (Å²) in [5, 5.41) is 7.04. The lowest BCUT2D eigenvalue weighted by molar-refractivity contribution is 0.0691. The molecule has 2 rings (SSSR count). The van der Waals surface area contributed by atoms with Crippen LogP contribution < -0.4 is 5.32 Å². The smallest absolute Gasteiger partial charge is 0.295 e. The van der Waals surface area contributed by atoms with E-state index in [2.05, 4.69) is 15.5 Å². The van der Waals surface area contributed by atoms with Gasteiger partial charge in [-0.3, -0.25) is 4.79 Å². The van der Waals surface area contributed by atoms with Crippen LogP contribution in [0.25, 0.3) is 0 Å². The molecule has 1 aliphatic heterocycles. The van der Waals surface area contributed by atoms with Crippen molar-refractivity contribution in [2.45, 2.75) is 25.8 Å². The zero-order valence-electron chi connectivity index (χ0n) is 11.4. The van der Waals surface area contributed by atoms with Crippen molar-refractivity contribution in [2.24, 2.45) is 0 Å². The molecule has 1 amide bonds. The number of nitrogens with one attached hydrogen (secondary N) is 1. The van der Waals surface area contributed by atoms with Gasteiger partial charge in [0.25, 0.3) is 11.7 Å². The Morgan fingerprint density at radius 3 is 3.11 bits per heavy atom. The fourth-order valence-electron chi connectivity index (χ4n) is 2.11. The zero-order chi connectivity index (χ0) is 13.7. The van der Waals surface area contributed by atoms with Gasteiger partial charge >= 0.3 is 0 Å². The Morgan fingerprint density at radius 2 is 2.47 bits per heavy atom. The molecule has 1 N–H and O–H groups in total. The SMILES string of the molecule is CCN(CCOC)C(=O)c1noc(C2CCCN2)n1. The number of ether oxygens (including phenoxy) is 1. The van der Waals surface area contributed by atoms with Gasteiger partial charge in [-0.15, -0.1) is 0 Å². The molecule has 0 saturated carbocycles. The molecule has 19 heavy (non-hydrogen) atoms. The molecule has 7 heteroatoms. The van der Waals surface area contributed by atoms with Crippen LogP contribution >= 0.6 is 0 Å². The van der Waals surface area contributed by atoms with Gasteiger partial charge in [-0.25, -0.2) is 0 Å². The van der Waals surface area contributed by atoms with Crippen molar-refractivity contribution in [3.63, 3.8) is 0 Å². The van der Waals surface area contributed by atoms with Gasteiger partial charge in [0.2, 0.25) is 5.89 Å². The number of methoxy groups -OCH3 is 1. The second-order valence-electron chi connectivity index (χ2n) is 4.48. The number of likely N-dealkylation sites (N-methyl/N-ethyl adjacent to an activating group) is 1. The summed E-state index contributed by atoms with van der Waals surface area (Å²) in [6.07, 6.45) is 2.06. The summed E-state index contributed by atoms with van der Waals surface area (Å²) in [4.78, 5) is 18.0. The van der Waals surface area contributed by atoms with Crippen LogP contribution in [-0.4, -0.2) is 54.3 Å². The van der Waals surface area contributed by atoms with Crippen LogP contribution in [-0.2, 0) is 4.74 Å². The van der Waals surface area contributed by atoms with Crippen LogP contribution in [0.5, 0.6) is 0 Å². The summed E-state index contributed by atoms with van der Waals surface area (Å²) in [7, 11) is 1.61. The first-order valence-electron chi connectivity index (χ1n) is 6.61. The molecule has 1 aliphatic rings. The van der Waals surface area contributed by atoms with E-state index in [1.807, 2.05) is 6.92 Å². The van der Waals surface area contributed by atoms with Crippen molar-refractivity contribution in [1.29, 1.82) is 0 Å². The van der Waals surface area contributed by atoms with Gasteiger partial charge in [0, 0.05) is 20.2 Å². The van der Waals surface area contributed by atoms with E-state index in [1.54, 1.807) is 12.0 Å². The second-order valence-corrected chi connectivity index (χ2v) is 4.48. The molecule has 7 nitrogen and oxygen atoms in total. The molecule has 1 fully saturated rings. The van der Waals surface area contributed by atoms with Gasteiger partial charge in [0.1, 0.15) is 0 Å². The summed E-state index contributed by atoms with van der Waals surface area (Å²) in [6, 6.07) is 0.0862. The Kier molecular flexibility index (Phi) is 4.86. The third-order valence-electron chi connectivity index (χ3n) is 3.23. The molecule has 0 radical (unpaired) electrons. The molecule has 1 aromatic rings. The molecular formula is C12H20N4O3. The maximum absolute atomic E-state index is 12.2. The van der Waals surface area contributed by atoms with E-state index in [0.29, 0.717) is 25.6 Å². The summed E-state index contributed by atoms with van der Waals surface area (Å²) < 4.78 is 10.1. The number of carbonyl (C=O) groups is 1. The zero-order valence-corrected chi connectivity index (χ0v) is 11.4. The number of amides is 1. The Bertz CT molecular complexity index is 415. The molecule has 0 spiro atoms. The highest BCUT2D eigenvalue weighted by atomic mass is 16.5. The standard InChI is InChI=1S/C12H20N4O3/c1-3-16(7-8-18-2)12(17)10-14-11(19-15-10)9-5-4-6-13-9/h9,13H,3-8H2,1-2H3. The summed E-state index contributed by atoms with van der Waals surface area (Å²) in [5.74, 6) is 0.415. The van der Waals surface area contributed by atoms with E-state index in [1.165, 1.54) is 0 Å². The fourth-order valence-corrected chi connectivity index (χ4v) is 2.11. The predicted molar refractivity (Wildman–Crippen MR) is 67.7 cm³/mol. The van der Waals surface area contributed by atoms with Gasteiger partial charge in [-0.05, 0) is 26.3 Å². The predicted octanol–water partition coefficient (Wildman–Crippen LogP) is 0.603. The molecule has 0 aliphatic carbocycles. The molecule has 1 atom stereocenters. The fraction of sp³-hybridized carbons (Fsp3) is 0.750. The van der Waals surface area contributed by atoms with Crippen molar-refractivity contribution in [3.05, 3.63) is 11.7 Å². The summed E-state index contributed by atoms with van der Waals surface area (Å²) >= 11 is 0. The van der Waals surface area contributed by atoms with E-state index in [0.717, 1.165) is 19.4 Å². The average molecular weight is 268 g/mol. The minimum Gasteiger partial charge on any atom is -0.383 e. The number of nitrogens with zero attached hydrogens (tertiary/aromatic N) is 3. The maximum atomic E-state index is 12.2. The first kappa shape index (κ1) is 14.0. The number of rotatable bonds is 6. The van der Waals surface area contributed by atoms with Crippen LogP contribution in [0.4, 0.5) is 0 Å². The third-order valence-corrected chi connectivity index (χ3v) is 3.23. The second kappa shape index (κ2) is 6.63. The van der Waals surface area contributed by atoms with Gasteiger partial charge in [0.15, 0.2) is 0 Å². The van der Waals surface area contributed by atoms with Crippen LogP contribution in [0.3, 0.4) is 0 Å². The molecule has 0 bridgehead atoms. The number of hydrogen-bond acceptors (Lipinski definition) is 6. The van der Waals surface area contributed by atoms with Gasteiger partial charge in [-0.2, -0.15) is 4.98 Å². The van der Waals surface area contributed by atoms with Crippen molar-refractivity contribution < 1.29 is 14.1 Å². The number of hydrogen-bond donors (Lipinski definition) is 1. The molecule has 0 aromatic carbocycles. The van der Waals surface area contributed by atoms with E-state index in [4.69, 9.17) is 9.26 Å². The van der Waals surface area contributed by atoms with Crippen LogP contribution in [0, 0.1) is 0 Å². The number of aromatic nitrogens is 2. The van der Waals surface area contributed by atoms with Crippen molar-refractivity contribution in [1.82, 2.24) is 20.4 Å². The Balaban J connectivity index is 2.01. The van der Waals surface area contributed by atoms with Gasteiger partial charge in [-0.1, -0.05) is 5.16 Å². The Labute approximate surface area is 112 Å². The van der Waals surface area contributed by atoms with Crippen molar-refractivity contribution in [2.75, 3.05) is 33.4 Å². The summed E-state index contributed by atoms with van der Waals surface area (Å²) in [6.45, 7) is 4.47. The van der Waals surface area contributed by atoms with Crippen molar-refractivity contribution >= 4 is 5.91 Å². The Morgan fingerprint density at radius 1 is 1.63 bits per heavy atom. The highest BCUT2D eigenvalue weighted by Gasteiger charge is 2.26. The lowest BCUT2D eigenvalue weighted by Gasteiger charge is -2.18. The molecule has 1 saturated heterocycles. The minimum atomic E-state index is -0.215. The lowest BCUT2D eigenvalue weighted by Crippen LogP contribution is -2.34. The van der Waals surface area contributed by atoms with Crippen LogP contribution in [0.15, 0.2) is 4.52 Å². The maximum Gasteiger partial charge on any atom is 0.295 e. The van der Waals surface area contributed by atoms with Gasteiger partial charge in [0.05, 0.1) is 12.6 Å². The summed E-state index contributed by atoms with van der Waals surface area (Å²) in [5.41, 5.74) is 0. The topological polar surface area (TPSA) is 80.5 Å². The minimum absolute atomic E-state index is 0.0862. The molecule has 106 valence electrons. The molecule has 1 aromatic heterocycles. The molecule has 2 heterocycles. The highest BCUT2D eigenvalue weighted by Crippen LogP contribution is 2.21.